The van der Waals surface area contributed by atoms with Gasteiger partial charge in [0.15, 0.2) is 5.78 Å². The average molecular weight is 244 g/mol. The predicted molar refractivity (Wildman–Crippen MR) is 63.6 cm³/mol. The second-order valence-corrected chi connectivity index (χ2v) is 3.88. The molecule has 1 rings (SSSR count). The summed E-state index contributed by atoms with van der Waals surface area (Å²) in [4.78, 5) is 11.8. The Kier molecular flexibility index (Phi) is 4.33. The third kappa shape index (κ3) is 2.81. The molecule has 0 aliphatic carbocycles. The summed E-state index contributed by atoms with van der Waals surface area (Å²) in [6.45, 7) is 3.53. The predicted octanol–water partition coefficient (Wildman–Crippen LogP) is 3.08. The van der Waals surface area contributed by atoms with Gasteiger partial charge < -0.3 is 5.73 Å². The smallest absolute Gasteiger partial charge is 0.181 e. The van der Waals surface area contributed by atoms with E-state index in [-0.39, 0.29) is 10.8 Å². The number of halogens is 2. The van der Waals surface area contributed by atoms with Gasteiger partial charge in [0.2, 0.25) is 0 Å². The van der Waals surface area contributed by atoms with Crippen LogP contribution in [0.25, 0.3) is 0 Å². The van der Waals surface area contributed by atoms with Crippen molar-refractivity contribution in [3.63, 3.8) is 0 Å². The number of Topliss-reactive ketones (excluding diaryl/α,β-unsaturated/α-hetero) is 1. The second-order valence-electron chi connectivity index (χ2n) is 3.10. The molecule has 0 saturated heterocycles. The molecule has 0 aromatic heterocycles. The summed E-state index contributed by atoms with van der Waals surface area (Å²) in [6.07, 6.45) is 2.02. The number of carbonyl (C=O) groups is 1. The van der Waals surface area contributed by atoms with Crippen molar-refractivity contribution in [3.05, 3.63) is 46.5 Å². The summed E-state index contributed by atoms with van der Waals surface area (Å²) < 4.78 is 0. The van der Waals surface area contributed by atoms with E-state index in [2.05, 4.69) is 6.58 Å². The first-order valence-corrected chi connectivity index (χ1v) is 5.18. The SMILES string of the molecule is C=CCC(N)C(=O)c1cccc(Cl)c1Cl. The lowest BCUT2D eigenvalue weighted by Gasteiger charge is -2.09. The second kappa shape index (κ2) is 5.31. The molecular weight excluding hydrogens is 233 g/mol. The van der Waals surface area contributed by atoms with Crippen molar-refractivity contribution in [2.75, 3.05) is 0 Å². The van der Waals surface area contributed by atoms with E-state index in [0.29, 0.717) is 17.0 Å². The monoisotopic (exact) mass is 243 g/mol. The van der Waals surface area contributed by atoms with Crippen molar-refractivity contribution < 1.29 is 4.79 Å². The largest absolute Gasteiger partial charge is 0.321 e. The quantitative estimate of drug-likeness (QED) is 0.653. The molecule has 0 fully saturated rings. The molecule has 0 amide bonds. The maximum atomic E-state index is 11.8. The fraction of sp³-hybridized carbons (Fsp3) is 0.182. The van der Waals surface area contributed by atoms with E-state index in [1.54, 1.807) is 24.3 Å². The highest BCUT2D eigenvalue weighted by molar-refractivity contribution is 6.44. The van der Waals surface area contributed by atoms with E-state index in [1.807, 2.05) is 0 Å². The first kappa shape index (κ1) is 12.2. The van der Waals surface area contributed by atoms with Gasteiger partial charge in [-0.05, 0) is 18.6 Å². The summed E-state index contributed by atoms with van der Waals surface area (Å²) in [6, 6.07) is 4.29. The van der Waals surface area contributed by atoms with Gasteiger partial charge in [-0.25, -0.2) is 0 Å². The Balaban J connectivity index is 3.01. The van der Waals surface area contributed by atoms with Gasteiger partial charge in [-0.15, -0.1) is 6.58 Å². The summed E-state index contributed by atoms with van der Waals surface area (Å²) >= 11 is 11.7. The van der Waals surface area contributed by atoms with Crippen LogP contribution in [0.2, 0.25) is 10.0 Å². The lowest BCUT2D eigenvalue weighted by molar-refractivity contribution is 0.0962. The third-order valence-electron chi connectivity index (χ3n) is 1.97. The summed E-state index contributed by atoms with van der Waals surface area (Å²) in [5, 5.41) is 0.608. The topological polar surface area (TPSA) is 43.1 Å². The average Bonchev–Trinajstić information content (AvgIpc) is 2.21. The zero-order valence-electron chi connectivity index (χ0n) is 8.04. The lowest BCUT2D eigenvalue weighted by Crippen LogP contribution is -2.30. The molecule has 0 heterocycles. The Hall–Kier alpha value is -0.830. The van der Waals surface area contributed by atoms with E-state index in [1.165, 1.54) is 0 Å². The van der Waals surface area contributed by atoms with E-state index < -0.39 is 6.04 Å². The van der Waals surface area contributed by atoms with Gasteiger partial charge in [-0.1, -0.05) is 35.3 Å². The fourth-order valence-electron chi connectivity index (χ4n) is 1.18. The van der Waals surface area contributed by atoms with Gasteiger partial charge in [-0.3, -0.25) is 4.79 Å². The molecule has 4 heteroatoms. The van der Waals surface area contributed by atoms with Crippen LogP contribution in [0.1, 0.15) is 16.8 Å². The number of hydrogen-bond acceptors (Lipinski definition) is 2. The van der Waals surface area contributed by atoms with Crippen molar-refractivity contribution in [1.29, 1.82) is 0 Å². The van der Waals surface area contributed by atoms with Crippen molar-refractivity contribution in [3.8, 4) is 0 Å². The molecule has 1 aromatic carbocycles. The Morgan fingerprint density at radius 3 is 2.80 bits per heavy atom. The van der Waals surface area contributed by atoms with Crippen LogP contribution in [-0.4, -0.2) is 11.8 Å². The molecule has 1 aromatic rings. The Bertz CT molecular complexity index is 390. The number of benzene rings is 1. The molecule has 15 heavy (non-hydrogen) atoms. The van der Waals surface area contributed by atoms with Crippen molar-refractivity contribution in [2.24, 2.45) is 5.73 Å². The maximum Gasteiger partial charge on any atom is 0.181 e. The van der Waals surface area contributed by atoms with E-state index in [0.717, 1.165) is 0 Å². The van der Waals surface area contributed by atoms with Crippen molar-refractivity contribution in [2.45, 2.75) is 12.5 Å². The van der Waals surface area contributed by atoms with E-state index in [9.17, 15) is 4.79 Å². The van der Waals surface area contributed by atoms with Crippen LogP contribution >= 0.6 is 23.2 Å². The first-order valence-electron chi connectivity index (χ1n) is 4.42. The van der Waals surface area contributed by atoms with Gasteiger partial charge in [0.25, 0.3) is 0 Å². The third-order valence-corrected chi connectivity index (χ3v) is 2.79. The number of nitrogens with two attached hydrogens (primary N) is 1. The minimum absolute atomic E-state index is 0.220. The molecule has 80 valence electrons. The van der Waals surface area contributed by atoms with E-state index in [4.69, 9.17) is 28.9 Å². The highest BCUT2D eigenvalue weighted by Gasteiger charge is 2.18. The van der Waals surface area contributed by atoms with Gasteiger partial charge >= 0.3 is 0 Å². The molecule has 0 radical (unpaired) electrons. The standard InChI is InChI=1S/C11H11Cl2NO/c1-2-4-9(14)11(15)7-5-3-6-8(12)10(7)13/h2-3,5-6,9H,1,4,14H2. The Morgan fingerprint density at radius 2 is 2.20 bits per heavy atom. The van der Waals surface area contributed by atoms with Gasteiger partial charge in [-0.2, -0.15) is 0 Å². The molecule has 0 aliphatic heterocycles. The van der Waals surface area contributed by atoms with Crippen molar-refractivity contribution in [1.82, 2.24) is 0 Å². The minimum Gasteiger partial charge on any atom is -0.321 e. The molecule has 2 N–H and O–H groups in total. The molecule has 2 nitrogen and oxygen atoms in total. The van der Waals surface area contributed by atoms with Gasteiger partial charge in [0.05, 0.1) is 16.1 Å². The van der Waals surface area contributed by atoms with Crippen LogP contribution in [0.3, 0.4) is 0 Å². The maximum absolute atomic E-state index is 11.8. The number of carbonyl (C=O) groups excluding carboxylic acids is 1. The highest BCUT2D eigenvalue weighted by Crippen LogP contribution is 2.26. The first-order chi connectivity index (χ1) is 7.07. The summed E-state index contributed by atoms with van der Waals surface area (Å²) in [5.41, 5.74) is 6.02. The summed E-state index contributed by atoms with van der Waals surface area (Å²) in [7, 11) is 0. The minimum atomic E-state index is -0.613. The highest BCUT2D eigenvalue weighted by atomic mass is 35.5. The zero-order valence-corrected chi connectivity index (χ0v) is 9.55. The number of hydrogen-bond donors (Lipinski definition) is 1. The van der Waals surface area contributed by atoms with Crippen molar-refractivity contribution >= 4 is 29.0 Å². The number of rotatable bonds is 4. The van der Waals surface area contributed by atoms with Crippen LogP contribution in [0, 0.1) is 0 Å². The molecule has 0 saturated carbocycles. The Morgan fingerprint density at radius 1 is 1.53 bits per heavy atom. The van der Waals surface area contributed by atoms with E-state index >= 15 is 0 Å². The normalized spacial score (nSPS) is 12.2. The van der Waals surface area contributed by atoms with Gasteiger partial charge in [0.1, 0.15) is 0 Å². The molecule has 1 atom stereocenters. The van der Waals surface area contributed by atoms with Crippen LogP contribution in [0.15, 0.2) is 30.9 Å². The fourth-order valence-corrected chi connectivity index (χ4v) is 1.57. The van der Waals surface area contributed by atoms with Crippen LogP contribution in [0.5, 0.6) is 0 Å². The molecule has 1 unspecified atom stereocenters. The molecule has 0 spiro atoms. The van der Waals surface area contributed by atoms with Gasteiger partial charge in [0, 0.05) is 5.56 Å². The van der Waals surface area contributed by atoms with Crippen LogP contribution < -0.4 is 5.73 Å². The summed E-state index contributed by atoms with van der Waals surface area (Å²) in [5.74, 6) is -0.220. The molecular formula is C11H11Cl2NO. The molecule has 0 bridgehead atoms. The van der Waals surface area contributed by atoms with Crippen LogP contribution in [0.4, 0.5) is 0 Å². The number of ketones is 1. The Labute approximate surface area is 98.7 Å². The lowest BCUT2D eigenvalue weighted by atomic mass is 10.0. The zero-order chi connectivity index (χ0) is 11.4. The molecule has 0 aliphatic rings. The van der Waals surface area contributed by atoms with Crippen LogP contribution in [-0.2, 0) is 0 Å².